The van der Waals surface area contributed by atoms with E-state index < -0.39 is 13.9 Å². The minimum Gasteiger partial charge on any atom is -0.403 e. The predicted molar refractivity (Wildman–Crippen MR) is 221 cm³/mol. The van der Waals surface area contributed by atoms with Gasteiger partial charge < -0.3 is 4.52 Å². The first-order valence-electron chi connectivity index (χ1n) is 20.7. The highest BCUT2D eigenvalue weighted by Gasteiger charge is 2.54. The lowest BCUT2D eigenvalue weighted by Gasteiger charge is -2.49. The third-order valence-electron chi connectivity index (χ3n) is 13.3. The van der Waals surface area contributed by atoms with Gasteiger partial charge in [0.1, 0.15) is 5.75 Å². The molecule has 0 spiro atoms. The molecular weight excluding hydrogens is 671 g/mol. The van der Waals surface area contributed by atoms with Gasteiger partial charge in [-0.05, 0) is 123 Å². The summed E-state index contributed by atoms with van der Waals surface area (Å²) in [5, 5.41) is 0. The van der Waals surface area contributed by atoms with Gasteiger partial charge in [-0.25, -0.2) is 4.57 Å². The van der Waals surface area contributed by atoms with Gasteiger partial charge in [0.15, 0.2) is 0 Å². The summed E-state index contributed by atoms with van der Waals surface area (Å²) in [6.07, 6.45) is 9.57. The van der Waals surface area contributed by atoms with Crippen molar-refractivity contribution in [2.24, 2.45) is 11.8 Å². The van der Waals surface area contributed by atoms with Crippen molar-refractivity contribution < 1.29 is 18.5 Å². The van der Waals surface area contributed by atoms with Gasteiger partial charge in [-0.1, -0.05) is 139 Å². The van der Waals surface area contributed by atoms with Crippen molar-refractivity contribution in [3.05, 3.63) is 87.0 Å². The first kappa shape index (κ1) is 38.9. The van der Waals surface area contributed by atoms with Crippen LogP contribution in [-0.4, -0.2) is 11.0 Å². The van der Waals surface area contributed by atoms with Gasteiger partial charge in [0, 0.05) is 23.0 Å². The summed E-state index contributed by atoms with van der Waals surface area (Å²) in [4.78, 5) is 11.9. The smallest absolute Gasteiger partial charge is 0.403 e. The summed E-state index contributed by atoms with van der Waals surface area (Å²) >= 11 is 0. The van der Waals surface area contributed by atoms with Crippen molar-refractivity contribution in [2.75, 3.05) is 0 Å². The molecule has 3 aromatic rings. The zero-order valence-corrected chi connectivity index (χ0v) is 35.8. The maximum Gasteiger partial charge on any atom is 0.527 e. The Bertz CT molecular complexity index is 1860. The highest BCUT2D eigenvalue weighted by Crippen LogP contribution is 2.65. The second-order valence-corrected chi connectivity index (χ2v) is 22.7. The summed E-state index contributed by atoms with van der Waals surface area (Å²) in [6, 6.07) is 16.5. The number of benzene rings is 3. The Morgan fingerprint density at radius 2 is 1.19 bits per heavy atom. The Hall–Kier alpha value is -2.39. The van der Waals surface area contributed by atoms with E-state index in [2.05, 4.69) is 126 Å². The van der Waals surface area contributed by atoms with E-state index in [1.807, 2.05) is 0 Å². The zero-order chi connectivity index (χ0) is 38.5. The molecule has 0 amide bonds. The second-order valence-electron chi connectivity index (χ2n) is 21.4. The molecule has 7 rings (SSSR count). The van der Waals surface area contributed by atoms with Crippen LogP contribution in [0.1, 0.15) is 184 Å². The van der Waals surface area contributed by atoms with E-state index in [0.29, 0.717) is 17.6 Å². The van der Waals surface area contributed by atoms with E-state index in [9.17, 15) is 9.46 Å². The summed E-state index contributed by atoms with van der Waals surface area (Å²) in [5.74, 6) is 1.48. The molecule has 2 saturated carbocycles. The van der Waals surface area contributed by atoms with Crippen molar-refractivity contribution in [3.63, 3.8) is 0 Å². The Morgan fingerprint density at radius 3 is 1.75 bits per heavy atom. The number of hydrogen-bond donors (Lipinski definition) is 1. The molecule has 2 fully saturated rings. The molecule has 0 radical (unpaired) electrons. The Labute approximate surface area is 321 Å². The maximum atomic E-state index is 14.6. The first-order chi connectivity index (χ1) is 24.5. The van der Waals surface area contributed by atoms with Gasteiger partial charge in [-0.15, -0.1) is 0 Å². The molecule has 0 saturated heterocycles. The van der Waals surface area contributed by atoms with E-state index >= 15 is 0 Å². The fraction of sp³-hybridized carbons (Fsp3) is 0.625. The minimum atomic E-state index is -4.52. The largest absolute Gasteiger partial charge is 0.527 e. The fourth-order valence-corrected chi connectivity index (χ4v) is 11.1. The molecule has 1 N–H and O–H groups in total. The lowest BCUT2D eigenvalue weighted by atomic mass is 9.57. The fourth-order valence-electron chi connectivity index (χ4n) is 10.1. The lowest BCUT2D eigenvalue weighted by molar-refractivity contribution is 0.0107. The van der Waals surface area contributed by atoms with Gasteiger partial charge in [-0.3, -0.25) is 9.42 Å². The Morgan fingerprint density at radius 1 is 0.660 bits per heavy atom. The standard InChI is InChI=1S/C48H67O4P/c1-45(2,3)33-21-31(22-34(27-33)46(4,5)6)39-25-29-17-13-15-19-37(29)41-42-38-20-16-14-18-30(38)26-40(44(42)52-53(49,50)51-43(39)41)32-23-35(47(7,8)9)28-36(24-32)48(10,11)12/h21-25,27-28,30,38,40,42,44H,13-20,26H2,1-12H3,(H,49,50)/t30?,38?,40?,42-,44?/m1/s1. The SMILES string of the molecule is CC(C)(C)c1cc(-c2cc3c(c4c2OP(=O)(O)OC2C(c5cc(C(C)(C)C)cc(C(C)(C)C)c5)CC5CCCCC5[C@H]42)CCCC3)cc(C(C)(C)C)c1. The Kier molecular flexibility index (Phi) is 9.81. The summed E-state index contributed by atoms with van der Waals surface area (Å²) in [5.41, 5.74) is 12.2. The number of phosphoric acid groups is 1. The lowest BCUT2D eigenvalue weighted by Crippen LogP contribution is -2.43. The molecule has 288 valence electrons. The molecule has 3 aromatic carbocycles. The summed E-state index contributed by atoms with van der Waals surface area (Å²) < 4.78 is 27.8. The van der Waals surface area contributed by atoms with Gasteiger partial charge in [0.2, 0.25) is 0 Å². The van der Waals surface area contributed by atoms with Crippen molar-refractivity contribution in [1.82, 2.24) is 0 Å². The van der Waals surface area contributed by atoms with Crippen LogP contribution < -0.4 is 4.52 Å². The third-order valence-corrected chi connectivity index (χ3v) is 14.2. The number of phosphoric ester groups is 1. The average molecular weight is 739 g/mol. The topological polar surface area (TPSA) is 55.8 Å². The van der Waals surface area contributed by atoms with Crippen LogP contribution in [0.4, 0.5) is 0 Å². The van der Waals surface area contributed by atoms with Gasteiger partial charge in [-0.2, -0.15) is 0 Å². The summed E-state index contributed by atoms with van der Waals surface area (Å²) in [7, 11) is -4.52. The quantitative estimate of drug-likeness (QED) is 0.266. The van der Waals surface area contributed by atoms with Crippen LogP contribution >= 0.6 is 7.82 Å². The average Bonchev–Trinajstić information content (AvgIpc) is 3.18. The van der Waals surface area contributed by atoms with Gasteiger partial charge in [0.25, 0.3) is 0 Å². The van der Waals surface area contributed by atoms with E-state index in [-0.39, 0.29) is 33.5 Å². The van der Waals surface area contributed by atoms with E-state index in [0.717, 1.165) is 49.7 Å². The number of hydrogen-bond acceptors (Lipinski definition) is 3. The van der Waals surface area contributed by atoms with E-state index in [1.165, 1.54) is 63.8 Å². The van der Waals surface area contributed by atoms with E-state index in [4.69, 9.17) is 9.05 Å². The predicted octanol–water partition coefficient (Wildman–Crippen LogP) is 13.4. The van der Waals surface area contributed by atoms with Crippen LogP contribution in [0.5, 0.6) is 5.75 Å². The molecule has 53 heavy (non-hydrogen) atoms. The summed E-state index contributed by atoms with van der Waals surface area (Å²) in [6.45, 7) is 27.4. The molecule has 0 bridgehead atoms. The highest BCUT2D eigenvalue weighted by molar-refractivity contribution is 7.47. The third kappa shape index (κ3) is 7.60. The molecule has 3 aliphatic carbocycles. The molecule has 5 heteroatoms. The molecule has 4 nitrogen and oxygen atoms in total. The van der Waals surface area contributed by atoms with Crippen molar-refractivity contribution in [1.29, 1.82) is 0 Å². The highest BCUT2D eigenvalue weighted by atomic mass is 31.2. The van der Waals surface area contributed by atoms with Gasteiger partial charge in [0.05, 0.1) is 6.10 Å². The van der Waals surface area contributed by atoms with Gasteiger partial charge >= 0.3 is 7.82 Å². The van der Waals surface area contributed by atoms with Crippen LogP contribution in [0.15, 0.2) is 42.5 Å². The second kappa shape index (κ2) is 13.4. The molecule has 1 heterocycles. The van der Waals surface area contributed by atoms with Crippen LogP contribution in [0, 0.1) is 11.8 Å². The molecule has 4 aliphatic rings. The number of fused-ring (bicyclic) bond motifs is 7. The van der Waals surface area contributed by atoms with Crippen LogP contribution in [0.25, 0.3) is 11.1 Å². The van der Waals surface area contributed by atoms with Crippen molar-refractivity contribution in [3.8, 4) is 16.9 Å². The monoisotopic (exact) mass is 738 g/mol. The van der Waals surface area contributed by atoms with Crippen LogP contribution in [0.2, 0.25) is 0 Å². The molecule has 0 aromatic heterocycles. The minimum absolute atomic E-state index is 0.0163. The van der Waals surface area contributed by atoms with Crippen LogP contribution in [-0.2, 0) is 43.6 Å². The zero-order valence-electron chi connectivity index (χ0n) is 34.9. The van der Waals surface area contributed by atoms with E-state index in [1.54, 1.807) is 0 Å². The number of rotatable bonds is 2. The molecule has 1 aliphatic heterocycles. The maximum absolute atomic E-state index is 14.6. The first-order valence-corrected chi connectivity index (χ1v) is 22.2. The normalized spacial score (nSPS) is 27.8. The Balaban J connectivity index is 1.52. The van der Waals surface area contributed by atoms with Crippen molar-refractivity contribution in [2.45, 2.75) is 180 Å². The van der Waals surface area contributed by atoms with Crippen LogP contribution in [0.3, 0.4) is 0 Å². The molecule has 5 unspecified atom stereocenters. The number of aryl methyl sites for hydroxylation is 1. The molecular formula is C48H67O4P. The van der Waals surface area contributed by atoms with Crippen molar-refractivity contribution >= 4 is 7.82 Å². The molecule has 6 atom stereocenters.